The lowest BCUT2D eigenvalue weighted by Crippen LogP contribution is -2.43. The van der Waals surface area contributed by atoms with Gasteiger partial charge in [-0.2, -0.15) is 0 Å². The van der Waals surface area contributed by atoms with E-state index in [0.29, 0.717) is 11.5 Å². The van der Waals surface area contributed by atoms with E-state index in [9.17, 15) is 14.4 Å². The first-order chi connectivity index (χ1) is 13.7. The highest BCUT2D eigenvalue weighted by Crippen LogP contribution is 2.23. The van der Waals surface area contributed by atoms with Crippen molar-refractivity contribution in [3.05, 3.63) is 35.4 Å². The predicted molar refractivity (Wildman–Crippen MR) is 113 cm³/mol. The summed E-state index contributed by atoms with van der Waals surface area (Å²) < 4.78 is 5.02. The van der Waals surface area contributed by atoms with Gasteiger partial charge >= 0.3 is 5.97 Å². The van der Waals surface area contributed by atoms with E-state index in [2.05, 4.69) is 38.3 Å². The molecule has 0 bridgehead atoms. The molecule has 29 heavy (non-hydrogen) atoms. The van der Waals surface area contributed by atoms with E-state index in [4.69, 9.17) is 4.74 Å². The molecule has 1 aromatic rings. The summed E-state index contributed by atoms with van der Waals surface area (Å²) in [6.07, 6.45) is 4.44. The van der Waals surface area contributed by atoms with Crippen LogP contribution in [0.5, 0.6) is 0 Å². The highest BCUT2D eigenvalue weighted by Gasteiger charge is 2.23. The lowest BCUT2D eigenvalue weighted by molar-refractivity contribution is -0.148. The molecule has 2 N–H and O–H groups in total. The van der Waals surface area contributed by atoms with Gasteiger partial charge in [-0.25, -0.2) is 0 Å². The van der Waals surface area contributed by atoms with Crippen LogP contribution in [0.25, 0.3) is 0 Å². The molecule has 1 aromatic carbocycles. The fraction of sp³-hybridized carbons (Fsp3) is 0.609. The lowest BCUT2D eigenvalue weighted by atomic mass is 9.86. The third kappa shape index (κ3) is 7.52. The Labute approximate surface area is 173 Å². The molecule has 0 aliphatic heterocycles. The van der Waals surface area contributed by atoms with Crippen LogP contribution in [0.1, 0.15) is 75.7 Å². The average Bonchev–Trinajstić information content (AvgIpc) is 2.67. The summed E-state index contributed by atoms with van der Waals surface area (Å²) in [7, 11) is 0. The van der Waals surface area contributed by atoms with Crippen molar-refractivity contribution in [1.82, 2.24) is 10.6 Å². The van der Waals surface area contributed by atoms with Crippen LogP contribution in [-0.4, -0.2) is 37.0 Å². The Balaban J connectivity index is 1.66. The van der Waals surface area contributed by atoms with Crippen LogP contribution in [0.2, 0.25) is 0 Å². The summed E-state index contributed by atoms with van der Waals surface area (Å²) in [6, 6.07) is 7.61. The van der Waals surface area contributed by atoms with Gasteiger partial charge in [0, 0.05) is 18.2 Å². The first-order valence-electron chi connectivity index (χ1n) is 10.5. The van der Waals surface area contributed by atoms with Crippen LogP contribution in [0.4, 0.5) is 0 Å². The molecule has 0 aromatic heterocycles. The number of benzene rings is 1. The van der Waals surface area contributed by atoms with Crippen molar-refractivity contribution in [2.75, 3.05) is 13.2 Å². The lowest BCUT2D eigenvalue weighted by Gasteiger charge is -2.29. The van der Waals surface area contributed by atoms with Gasteiger partial charge in [-0.3, -0.25) is 14.4 Å². The quantitative estimate of drug-likeness (QED) is 0.685. The van der Waals surface area contributed by atoms with Crippen LogP contribution in [0.3, 0.4) is 0 Å². The molecule has 1 aliphatic carbocycles. The zero-order valence-electron chi connectivity index (χ0n) is 18.0. The molecule has 160 valence electrons. The number of nitrogens with one attached hydrogen (secondary N) is 2. The zero-order valence-corrected chi connectivity index (χ0v) is 18.0. The van der Waals surface area contributed by atoms with Crippen molar-refractivity contribution in [2.45, 2.75) is 71.3 Å². The van der Waals surface area contributed by atoms with Crippen molar-refractivity contribution in [3.8, 4) is 0 Å². The molecule has 1 fully saturated rings. The van der Waals surface area contributed by atoms with Gasteiger partial charge in [0.05, 0.1) is 6.42 Å². The van der Waals surface area contributed by atoms with Crippen LogP contribution in [-0.2, 0) is 19.7 Å². The topological polar surface area (TPSA) is 84.5 Å². The van der Waals surface area contributed by atoms with Crippen molar-refractivity contribution < 1.29 is 19.1 Å². The highest BCUT2D eigenvalue weighted by atomic mass is 16.5. The summed E-state index contributed by atoms with van der Waals surface area (Å²) in [4.78, 5) is 36.0. The number of carbonyl (C=O) groups is 3. The minimum Gasteiger partial charge on any atom is -0.456 e. The second-order valence-electron chi connectivity index (χ2n) is 8.93. The van der Waals surface area contributed by atoms with Crippen LogP contribution >= 0.6 is 0 Å². The summed E-state index contributed by atoms with van der Waals surface area (Å²) in [5.41, 5.74) is 1.73. The number of hydrogen-bond donors (Lipinski definition) is 2. The van der Waals surface area contributed by atoms with Gasteiger partial charge in [0.25, 0.3) is 11.8 Å². The van der Waals surface area contributed by atoms with Crippen LogP contribution < -0.4 is 10.6 Å². The maximum absolute atomic E-state index is 12.2. The average molecular weight is 403 g/mol. The molecule has 2 atom stereocenters. The van der Waals surface area contributed by atoms with E-state index in [1.54, 1.807) is 12.1 Å². The second-order valence-corrected chi connectivity index (χ2v) is 8.93. The predicted octanol–water partition coefficient (Wildman–Crippen LogP) is 3.34. The van der Waals surface area contributed by atoms with E-state index in [1.165, 1.54) is 6.42 Å². The van der Waals surface area contributed by atoms with Crippen molar-refractivity contribution in [3.63, 3.8) is 0 Å². The minimum atomic E-state index is -0.500. The maximum atomic E-state index is 12.2. The molecule has 2 amide bonds. The molecule has 0 radical (unpaired) electrons. The van der Waals surface area contributed by atoms with Gasteiger partial charge in [-0.1, -0.05) is 52.7 Å². The Morgan fingerprint density at radius 2 is 1.72 bits per heavy atom. The molecule has 6 nitrogen and oxygen atoms in total. The van der Waals surface area contributed by atoms with Gasteiger partial charge in [-0.05, 0) is 41.9 Å². The summed E-state index contributed by atoms with van der Waals surface area (Å²) in [6.45, 7) is 8.37. The van der Waals surface area contributed by atoms with Gasteiger partial charge in [0.15, 0.2) is 6.61 Å². The SMILES string of the molecule is C[C@@H]1CCCC[C@H]1NC(=O)COC(=O)CCNC(=O)c1ccc(C(C)(C)C)cc1. The van der Waals surface area contributed by atoms with Crippen molar-refractivity contribution in [2.24, 2.45) is 5.92 Å². The van der Waals surface area contributed by atoms with Crippen molar-refractivity contribution in [1.29, 1.82) is 0 Å². The Kier molecular flexibility index (Phi) is 8.23. The number of esters is 1. The Morgan fingerprint density at radius 3 is 2.34 bits per heavy atom. The third-order valence-electron chi connectivity index (χ3n) is 5.45. The van der Waals surface area contributed by atoms with E-state index in [-0.39, 0.29) is 42.8 Å². The fourth-order valence-corrected chi connectivity index (χ4v) is 3.50. The number of amides is 2. The smallest absolute Gasteiger partial charge is 0.308 e. The summed E-state index contributed by atoms with van der Waals surface area (Å²) in [5, 5.41) is 5.66. The summed E-state index contributed by atoms with van der Waals surface area (Å²) >= 11 is 0. The van der Waals surface area contributed by atoms with Crippen LogP contribution in [0.15, 0.2) is 24.3 Å². The molecule has 6 heteroatoms. The molecule has 0 spiro atoms. The largest absolute Gasteiger partial charge is 0.456 e. The standard InChI is InChI=1S/C23H34N2O4/c1-16-7-5-6-8-19(16)25-20(26)15-29-21(27)13-14-24-22(28)17-9-11-18(12-10-17)23(2,3)4/h9-12,16,19H,5-8,13-15H2,1-4H3,(H,24,28)(H,25,26)/t16-,19-/m1/s1. The minimum absolute atomic E-state index is 0.0267. The molecular weight excluding hydrogens is 368 g/mol. The van der Waals surface area contributed by atoms with Gasteiger partial charge in [0.2, 0.25) is 0 Å². The first-order valence-corrected chi connectivity index (χ1v) is 10.5. The normalized spacial score (nSPS) is 19.3. The van der Waals surface area contributed by atoms with E-state index in [1.807, 2.05) is 12.1 Å². The Hall–Kier alpha value is -2.37. The van der Waals surface area contributed by atoms with Gasteiger partial charge in [-0.15, -0.1) is 0 Å². The fourth-order valence-electron chi connectivity index (χ4n) is 3.50. The molecule has 1 aliphatic rings. The molecule has 2 rings (SSSR count). The monoisotopic (exact) mass is 402 g/mol. The van der Waals surface area contributed by atoms with E-state index >= 15 is 0 Å². The highest BCUT2D eigenvalue weighted by molar-refractivity contribution is 5.94. The maximum Gasteiger partial charge on any atom is 0.308 e. The van der Waals surface area contributed by atoms with Crippen molar-refractivity contribution >= 4 is 17.8 Å². The molecule has 0 saturated heterocycles. The number of ether oxygens (including phenoxy) is 1. The van der Waals surface area contributed by atoms with Gasteiger partial charge in [0.1, 0.15) is 0 Å². The van der Waals surface area contributed by atoms with E-state index in [0.717, 1.165) is 24.8 Å². The Bertz CT molecular complexity index is 707. The first kappa shape index (κ1) is 22.9. The molecule has 0 unspecified atom stereocenters. The molecular formula is C23H34N2O4. The van der Waals surface area contributed by atoms with E-state index < -0.39 is 5.97 Å². The zero-order chi connectivity index (χ0) is 21.4. The van der Waals surface area contributed by atoms with Crippen LogP contribution in [0, 0.1) is 5.92 Å². The second kappa shape index (κ2) is 10.4. The molecule has 0 heterocycles. The van der Waals surface area contributed by atoms with Gasteiger partial charge < -0.3 is 15.4 Å². The number of rotatable bonds is 7. The Morgan fingerprint density at radius 1 is 1.07 bits per heavy atom. The summed E-state index contributed by atoms with van der Waals surface area (Å²) in [5.74, 6) is -0.543. The number of hydrogen-bond acceptors (Lipinski definition) is 4. The molecule has 1 saturated carbocycles. The third-order valence-corrected chi connectivity index (χ3v) is 5.45. The number of carbonyl (C=O) groups excluding carboxylic acids is 3.